The summed E-state index contributed by atoms with van der Waals surface area (Å²) in [6, 6.07) is 16.4. The first-order chi connectivity index (χ1) is 15.4. The third kappa shape index (κ3) is 5.57. The van der Waals surface area contributed by atoms with Gasteiger partial charge < -0.3 is 10.6 Å². The monoisotopic (exact) mass is 453 g/mol. The van der Waals surface area contributed by atoms with E-state index >= 15 is 0 Å². The van der Waals surface area contributed by atoms with Crippen LogP contribution in [0.5, 0.6) is 0 Å². The average molecular weight is 454 g/mol. The summed E-state index contributed by atoms with van der Waals surface area (Å²) in [5.41, 5.74) is 3.81. The molecule has 0 spiro atoms. The van der Waals surface area contributed by atoms with E-state index < -0.39 is 9.84 Å². The van der Waals surface area contributed by atoms with Crippen LogP contribution in [0.2, 0.25) is 0 Å². The van der Waals surface area contributed by atoms with Crippen LogP contribution >= 0.6 is 0 Å². The number of rotatable bonds is 8. The highest BCUT2D eigenvalue weighted by atomic mass is 32.2. The molecule has 2 aliphatic carbocycles. The molecule has 6 nitrogen and oxygen atoms in total. The SMILES string of the molecule is O=C(Nc1ccc(CN2CCS(=O)(=O)CC2)cc1)c1cccc(C2CC2NCC2CC2)c1. The lowest BCUT2D eigenvalue weighted by Crippen LogP contribution is -2.39. The molecule has 7 heteroatoms. The Hall–Kier alpha value is -2.22. The van der Waals surface area contributed by atoms with Crippen molar-refractivity contribution in [3.8, 4) is 0 Å². The van der Waals surface area contributed by atoms with Gasteiger partial charge in [-0.3, -0.25) is 9.69 Å². The van der Waals surface area contributed by atoms with Crippen LogP contribution in [0.3, 0.4) is 0 Å². The summed E-state index contributed by atoms with van der Waals surface area (Å²) in [5.74, 6) is 1.78. The predicted octanol–water partition coefficient (Wildman–Crippen LogP) is 3.02. The summed E-state index contributed by atoms with van der Waals surface area (Å²) in [4.78, 5) is 14.9. The molecule has 0 bridgehead atoms. The number of nitrogens with one attached hydrogen (secondary N) is 2. The molecule has 2 unspecified atom stereocenters. The van der Waals surface area contributed by atoms with Gasteiger partial charge in [0.15, 0.2) is 9.84 Å². The Balaban J connectivity index is 1.14. The standard InChI is InChI=1S/C25H31N3O3S/c29-25(21-3-1-2-20(14-21)23-15-24(23)26-16-18-4-5-18)27-22-8-6-19(7-9-22)17-28-10-12-32(30,31)13-11-28/h1-3,6-9,14,18,23-24,26H,4-5,10-13,15-17H2,(H,27,29). The molecule has 0 radical (unpaired) electrons. The average Bonchev–Trinajstić information content (AvgIpc) is 3.70. The summed E-state index contributed by atoms with van der Waals surface area (Å²) in [6.45, 7) is 3.02. The zero-order valence-electron chi connectivity index (χ0n) is 18.3. The van der Waals surface area contributed by atoms with E-state index in [0.717, 1.165) is 36.7 Å². The Morgan fingerprint density at radius 3 is 2.50 bits per heavy atom. The van der Waals surface area contributed by atoms with Crippen LogP contribution in [0, 0.1) is 5.92 Å². The van der Waals surface area contributed by atoms with E-state index in [-0.39, 0.29) is 17.4 Å². The number of amides is 1. The molecule has 1 amide bonds. The van der Waals surface area contributed by atoms with Crippen molar-refractivity contribution in [3.05, 3.63) is 65.2 Å². The second-order valence-electron chi connectivity index (χ2n) is 9.50. The third-order valence-corrected chi connectivity index (χ3v) is 8.40. The minimum Gasteiger partial charge on any atom is -0.322 e. The molecule has 3 fully saturated rings. The zero-order chi connectivity index (χ0) is 22.1. The number of sulfone groups is 1. The molecular weight excluding hydrogens is 422 g/mol. The van der Waals surface area contributed by atoms with Gasteiger partial charge in [0.2, 0.25) is 0 Å². The van der Waals surface area contributed by atoms with Crippen molar-refractivity contribution in [2.75, 3.05) is 36.5 Å². The zero-order valence-corrected chi connectivity index (χ0v) is 19.1. The molecule has 2 saturated carbocycles. The molecule has 2 aromatic rings. The molecule has 0 aromatic heterocycles. The van der Waals surface area contributed by atoms with E-state index in [2.05, 4.69) is 21.6 Å². The second kappa shape index (κ2) is 8.96. The molecule has 1 aliphatic heterocycles. The number of benzene rings is 2. The van der Waals surface area contributed by atoms with Crippen molar-refractivity contribution in [3.63, 3.8) is 0 Å². The van der Waals surface area contributed by atoms with Gasteiger partial charge in [-0.25, -0.2) is 8.42 Å². The molecule has 2 N–H and O–H groups in total. The van der Waals surface area contributed by atoms with Crippen molar-refractivity contribution in [2.45, 2.75) is 37.8 Å². The molecular formula is C25H31N3O3S. The highest BCUT2D eigenvalue weighted by Gasteiger charge is 2.39. The quantitative estimate of drug-likeness (QED) is 0.642. The fraction of sp³-hybridized carbons (Fsp3) is 0.480. The fourth-order valence-corrected chi connectivity index (χ4v) is 5.68. The number of nitrogens with zero attached hydrogens (tertiary/aromatic N) is 1. The van der Waals surface area contributed by atoms with E-state index in [4.69, 9.17) is 0 Å². The van der Waals surface area contributed by atoms with Crippen LogP contribution in [0.25, 0.3) is 0 Å². The molecule has 1 saturated heterocycles. The number of hydrogen-bond donors (Lipinski definition) is 2. The summed E-state index contributed by atoms with van der Waals surface area (Å²) >= 11 is 0. The van der Waals surface area contributed by atoms with Crippen LogP contribution in [0.15, 0.2) is 48.5 Å². The smallest absolute Gasteiger partial charge is 0.255 e. The van der Waals surface area contributed by atoms with Crippen LogP contribution in [0.1, 0.15) is 46.7 Å². The van der Waals surface area contributed by atoms with Gasteiger partial charge in [0.1, 0.15) is 0 Å². The van der Waals surface area contributed by atoms with E-state index in [0.29, 0.717) is 30.6 Å². The van der Waals surface area contributed by atoms with E-state index in [1.54, 1.807) is 0 Å². The Morgan fingerprint density at radius 2 is 1.78 bits per heavy atom. The van der Waals surface area contributed by atoms with Gasteiger partial charge in [-0.15, -0.1) is 0 Å². The summed E-state index contributed by atoms with van der Waals surface area (Å²) in [7, 11) is -2.86. The highest BCUT2D eigenvalue weighted by Crippen LogP contribution is 2.41. The third-order valence-electron chi connectivity index (χ3n) is 6.79. The number of hydrogen-bond acceptors (Lipinski definition) is 5. The molecule has 32 heavy (non-hydrogen) atoms. The highest BCUT2D eigenvalue weighted by molar-refractivity contribution is 7.91. The Labute approximate surface area is 190 Å². The minimum atomic E-state index is -2.86. The van der Waals surface area contributed by atoms with Crippen molar-refractivity contribution in [2.24, 2.45) is 5.92 Å². The Kier molecular flexibility index (Phi) is 6.05. The van der Waals surface area contributed by atoms with E-state index in [1.165, 1.54) is 18.4 Å². The fourth-order valence-electron chi connectivity index (χ4n) is 4.40. The van der Waals surface area contributed by atoms with Crippen molar-refractivity contribution in [1.82, 2.24) is 10.2 Å². The Bertz CT molecular complexity index is 1070. The number of anilines is 1. The van der Waals surface area contributed by atoms with Crippen LogP contribution < -0.4 is 10.6 Å². The normalized spacial score (nSPS) is 24.8. The number of carbonyl (C=O) groups excluding carboxylic acids is 1. The lowest BCUT2D eigenvalue weighted by molar-refractivity contribution is 0.102. The maximum Gasteiger partial charge on any atom is 0.255 e. The molecule has 1 heterocycles. The summed E-state index contributed by atoms with van der Waals surface area (Å²) < 4.78 is 23.2. The molecule has 170 valence electrons. The maximum absolute atomic E-state index is 12.8. The van der Waals surface area contributed by atoms with Crippen molar-refractivity contribution < 1.29 is 13.2 Å². The topological polar surface area (TPSA) is 78.5 Å². The maximum atomic E-state index is 12.8. The van der Waals surface area contributed by atoms with Crippen LogP contribution in [-0.2, 0) is 16.4 Å². The summed E-state index contributed by atoms with van der Waals surface area (Å²) in [5, 5.41) is 6.66. The second-order valence-corrected chi connectivity index (χ2v) is 11.8. The lowest BCUT2D eigenvalue weighted by Gasteiger charge is -2.26. The molecule has 2 atom stereocenters. The van der Waals surface area contributed by atoms with Gasteiger partial charge in [-0.05, 0) is 67.1 Å². The number of carbonyl (C=O) groups is 1. The van der Waals surface area contributed by atoms with Gasteiger partial charge in [0, 0.05) is 42.8 Å². The lowest BCUT2D eigenvalue weighted by atomic mass is 10.1. The largest absolute Gasteiger partial charge is 0.322 e. The van der Waals surface area contributed by atoms with Gasteiger partial charge in [-0.2, -0.15) is 0 Å². The van der Waals surface area contributed by atoms with E-state index in [1.807, 2.05) is 42.5 Å². The van der Waals surface area contributed by atoms with Crippen LogP contribution in [0.4, 0.5) is 5.69 Å². The predicted molar refractivity (Wildman–Crippen MR) is 127 cm³/mol. The van der Waals surface area contributed by atoms with Gasteiger partial charge in [0.05, 0.1) is 11.5 Å². The van der Waals surface area contributed by atoms with E-state index in [9.17, 15) is 13.2 Å². The van der Waals surface area contributed by atoms with Crippen LogP contribution in [-0.4, -0.2) is 56.4 Å². The first-order valence-corrected chi connectivity index (χ1v) is 13.4. The Morgan fingerprint density at radius 1 is 1.03 bits per heavy atom. The van der Waals surface area contributed by atoms with Crippen molar-refractivity contribution >= 4 is 21.4 Å². The van der Waals surface area contributed by atoms with Gasteiger partial charge in [0.25, 0.3) is 5.91 Å². The van der Waals surface area contributed by atoms with Gasteiger partial charge >= 0.3 is 0 Å². The first-order valence-electron chi connectivity index (χ1n) is 11.6. The van der Waals surface area contributed by atoms with Crippen molar-refractivity contribution in [1.29, 1.82) is 0 Å². The molecule has 5 rings (SSSR count). The first kappa shape index (κ1) is 21.6. The molecule has 3 aliphatic rings. The minimum absolute atomic E-state index is 0.0935. The summed E-state index contributed by atoms with van der Waals surface area (Å²) in [6.07, 6.45) is 3.88. The van der Waals surface area contributed by atoms with Gasteiger partial charge in [-0.1, -0.05) is 24.3 Å². The molecule has 2 aromatic carbocycles.